The highest BCUT2D eigenvalue weighted by Crippen LogP contribution is 2.31. The van der Waals surface area contributed by atoms with Crippen LogP contribution in [0.5, 0.6) is 0 Å². The summed E-state index contributed by atoms with van der Waals surface area (Å²) in [6, 6.07) is 1.19. The van der Waals surface area contributed by atoms with E-state index in [1.54, 1.807) is 0 Å². The Balaban J connectivity index is 1.77. The molecule has 112 valence electrons. The lowest BCUT2D eigenvalue weighted by Crippen LogP contribution is -2.36. The largest absolute Gasteiger partial charge is 0.330 e. The fourth-order valence-electron chi connectivity index (χ4n) is 3.42. The van der Waals surface area contributed by atoms with E-state index in [1.165, 1.54) is 18.5 Å². The normalized spacial score (nSPS) is 31.2. The molecule has 20 heavy (non-hydrogen) atoms. The zero-order chi connectivity index (χ0) is 14.2. The summed E-state index contributed by atoms with van der Waals surface area (Å²) in [7, 11) is -2.80. The number of sulfone groups is 1. The summed E-state index contributed by atoms with van der Waals surface area (Å²) in [5.74, 6) is 0.619. The molecule has 2 aliphatic heterocycles. The maximum atomic E-state index is 11.6. The molecule has 0 aromatic carbocycles. The van der Waals surface area contributed by atoms with Gasteiger partial charge in [0.2, 0.25) is 0 Å². The van der Waals surface area contributed by atoms with Crippen LogP contribution in [-0.4, -0.2) is 35.5 Å². The molecule has 0 spiro atoms. The first-order chi connectivity index (χ1) is 9.55. The maximum absolute atomic E-state index is 11.6. The van der Waals surface area contributed by atoms with Crippen molar-refractivity contribution in [1.29, 1.82) is 0 Å². The lowest BCUT2D eigenvalue weighted by atomic mass is 9.97. The van der Waals surface area contributed by atoms with Crippen LogP contribution in [0.4, 0.5) is 0 Å². The fraction of sp³-hybridized carbons (Fsp3) is 0.786. The Kier molecular flexibility index (Phi) is 3.86. The predicted octanol–water partition coefficient (Wildman–Crippen LogP) is 1.84. The molecule has 1 N–H and O–H groups in total. The monoisotopic (exact) mass is 297 g/mol. The minimum Gasteiger partial charge on any atom is -0.330 e. The number of rotatable bonds is 2. The van der Waals surface area contributed by atoms with Gasteiger partial charge in [-0.15, -0.1) is 0 Å². The Morgan fingerprint density at radius 2 is 2.00 bits per heavy atom. The molecule has 2 atom stereocenters. The van der Waals surface area contributed by atoms with Gasteiger partial charge in [0.15, 0.2) is 0 Å². The summed E-state index contributed by atoms with van der Waals surface area (Å²) in [5.41, 5.74) is 1.22. The molecule has 1 aromatic rings. The minimum atomic E-state index is -2.80. The van der Waals surface area contributed by atoms with Gasteiger partial charge in [0.25, 0.3) is 0 Å². The van der Waals surface area contributed by atoms with Gasteiger partial charge in [0, 0.05) is 24.3 Å². The second-order valence-corrected chi connectivity index (χ2v) is 8.46. The highest BCUT2D eigenvalue weighted by atomic mass is 32.2. The van der Waals surface area contributed by atoms with Crippen LogP contribution in [-0.2, 0) is 9.84 Å². The van der Waals surface area contributed by atoms with Gasteiger partial charge >= 0.3 is 0 Å². The molecule has 2 saturated heterocycles. The number of imidazole rings is 1. The first-order valence-electron chi connectivity index (χ1n) is 7.53. The molecule has 2 fully saturated rings. The van der Waals surface area contributed by atoms with Crippen molar-refractivity contribution in [3.05, 3.63) is 18.2 Å². The number of nitrogens with one attached hydrogen (secondary N) is 1. The SMILES string of the molecule is CC1CCCC(c2cncn2C2CCS(=O)(=O)CC2)N1. The number of hydrogen-bond acceptors (Lipinski definition) is 4. The van der Waals surface area contributed by atoms with E-state index in [4.69, 9.17) is 0 Å². The van der Waals surface area contributed by atoms with Crippen molar-refractivity contribution in [2.75, 3.05) is 11.5 Å². The molecule has 0 aliphatic carbocycles. The van der Waals surface area contributed by atoms with Crippen LogP contribution >= 0.6 is 0 Å². The third-order valence-corrected chi connectivity index (χ3v) is 6.30. The smallest absolute Gasteiger partial charge is 0.150 e. The van der Waals surface area contributed by atoms with Gasteiger partial charge in [-0.2, -0.15) is 0 Å². The zero-order valence-electron chi connectivity index (χ0n) is 12.0. The van der Waals surface area contributed by atoms with Gasteiger partial charge in [0.05, 0.1) is 23.5 Å². The molecule has 0 saturated carbocycles. The average molecular weight is 297 g/mol. The first-order valence-corrected chi connectivity index (χ1v) is 9.35. The maximum Gasteiger partial charge on any atom is 0.150 e. The van der Waals surface area contributed by atoms with E-state index in [-0.39, 0.29) is 6.04 Å². The van der Waals surface area contributed by atoms with Gasteiger partial charge in [-0.05, 0) is 39.0 Å². The van der Waals surface area contributed by atoms with Crippen molar-refractivity contribution in [2.24, 2.45) is 0 Å². The van der Waals surface area contributed by atoms with Gasteiger partial charge in [-0.1, -0.05) is 0 Å². The summed E-state index contributed by atoms with van der Waals surface area (Å²) in [5, 5.41) is 3.64. The van der Waals surface area contributed by atoms with Crippen molar-refractivity contribution in [2.45, 2.75) is 57.2 Å². The summed E-state index contributed by atoms with van der Waals surface area (Å²) in [6.07, 6.45) is 8.86. The topological polar surface area (TPSA) is 64.0 Å². The van der Waals surface area contributed by atoms with E-state index < -0.39 is 9.84 Å². The highest BCUT2D eigenvalue weighted by Gasteiger charge is 2.28. The Morgan fingerprint density at radius 3 is 2.70 bits per heavy atom. The van der Waals surface area contributed by atoms with Crippen LogP contribution in [0.15, 0.2) is 12.5 Å². The van der Waals surface area contributed by atoms with Crippen LogP contribution in [0.3, 0.4) is 0 Å². The second-order valence-electron chi connectivity index (χ2n) is 6.16. The second kappa shape index (κ2) is 5.48. The van der Waals surface area contributed by atoms with E-state index in [0.717, 1.165) is 6.42 Å². The summed E-state index contributed by atoms with van der Waals surface area (Å²) in [6.45, 7) is 2.22. The Labute approximate surface area is 120 Å². The number of hydrogen-bond donors (Lipinski definition) is 1. The number of nitrogens with zero attached hydrogens (tertiary/aromatic N) is 2. The molecule has 3 heterocycles. The van der Waals surface area contributed by atoms with E-state index in [9.17, 15) is 8.42 Å². The van der Waals surface area contributed by atoms with Crippen LogP contribution in [0.25, 0.3) is 0 Å². The summed E-state index contributed by atoms with van der Waals surface area (Å²) in [4.78, 5) is 4.31. The quantitative estimate of drug-likeness (QED) is 0.904. The van der Waals surface area contributed by atoms with Gasteiger partial charge in [-0.3, -0.25) is 0 Å². The lowest BCUT2D eigenvalue weighted by molar-refractivity contribution is 0.318. The van der Waals surface area contributed by atoms with Gasteiger partial charge < -0.3 is 9.88 Å². The molecule has 2 aliphatic rings. The molecule has 0 amide bonds. The molecular formula is C14H23N3O2S. The standard InChI is InChI=1S/C14H23N3O2S/c1-11-3-2-4-13(16-11)14-9-15-10-17(14)12-5-7-20(18,19)8-6-12/h9-13,16H,2-8H2,1H3. The van der Waals surface area contributed by atoms with E-state index in [2.05, 4.69) is 21.8 Å². The summed E-state index contributed by atoms with van der Waals surface area (Å²) < 4.78 is 25.3. The van der Waals surface area contributed by atoms with E-state index in [1.807, 2.05) is 12.5 Å². The minimum absolute atomic E-state index is 0.287. The zero-order valence-corrected chi connectivity index (χ0v) is 12.8. The Morgan fingerprint density at radius 1 is 1.25 bits per heavy atom. The van der Waals surface area contributed by atoms with Crippen molar-refractivity contribution in [3.8, 4) is 0 Å². The molecule has 5 nitrogen and oxygen atoms in total. The summed E-state index contributed by atoms with van der Waals surface area (Å²) >= 11 is 0. The molecule has 6 heteroatoms. The molecule has 0 radical (unpaired) electrons. The molecule has 0 bridgehead atoms. The number of piperidine rings is 1. The Bertz CT molecular complexity index is 553. The first kappa shape index (κ1) is 14.1. The van der Waals surface area contributed by atoms with Crippen LogP contribution < -0.4 is 5.32 Å². The van der Waals surface area contributed by atoms with E-state index in [0.29, 0.717) is 36.4 Å². The van der Waals surface area contributed by atoms with Gasteiger partial charge in [0.1, 0.15) is 9.84 Å². The third kappa shape index (κ3) is 2.91. The third-order valence-electron chi connectivity index (χ3n) is 4.59. The molecule has 3 rings (SSSR count). The van der Waals surface area contributed by atoms with Crippen LogP contribution in [0, 0.1) is 0 Å². The highest BCUT2D eigenvalue weighted by molar-refractivity contribution is 7.91. The molecule has 1 aromatic heterocycles. The van der Waals surface area contributed by atoms with Crippen LogP contribution in [0.2, 0.25) is 0 Å². The van der Waals surface area contributed by atoms with Crippen LogP contribution in [0.1, 0.15) is 56.8 Å². The molecular weight excluding hydrogens is 274 g/mol. The fourth-order valence-corrected chi connectivity index (χ4v) is 4.88. The van der Waals surface area contributed by atoms with Crippen molar-refractivity contribution >= 4 is 9.84 Å². The predicted molar refractivity (Wildman–Crippen MR) is 78.3 cm³/mol. The van der Waals surface area contributed by atoms with Crippen molar-refractivity contribution < 1.29 is 8.42 Å². The van der Waals surface area contributed by atoms with Crippen molar-refractivity contribution in [3.63, 3.8) is 0 Å². The Hall–Kier alpha value is -0.880. The van der Waals surface area contributed by atoms with Gasteiger partial charge in [-0.25, -0.2) is 13.4 Å². The number of aromatic nitrogens is 2. The van der Waals surface area contributed by atoms with Crippen molar-refractivity contribution in [1.82, 2.24) is 14.9 Å². The average Bonchev–Trinajstić information content (AvgIpc) is 2.88. The molecule has 2 unspecified atom stereocenters. The lowest BCUT2D eigenvalue weighted by Gasteiger charge is -2.32. The van der Waals surface area contributed by atoms with E-state index >= 15 is 0 Å².